The summed E-state index contributed by atoms with van der Waals surface area (Å²) in [6, 6.07) is 16.4. The third-order valence-electron chi connectivity index (χ3n) is 2.64. The molecule has 1 atom stereocenters. The van der Waals surface area contributed by atoms with Crippen molar-refractivity contribution in [3.05, 3.63) is 64.1 Å². The van der Waals surface area contributed by atoms with Crippen LogP contribution in [0, 0.1) is 0 Å². The van der Waals surface area contributed by atoms with E-state index in [0.717, 1.165) is 15.8 Å². The van der Waals surface area contributed by atoms with Gasteiger partial charge < -0.3 is 4.74 Å². The molecule has 0 N–H and O–H groups in total. The first-order valence-corrected chi connectivity index (χ1v) is 7.54. The number of hydrogen-bond donors (Lipinski definition) is 0. The van der Waals surface area contributed by atoms with Crippen LogP contribution in [0.3, 0.4) is 0 Å². The fourth-order valence-corrected chi connectivity index (χ4v) is 2.85. The molecular formula is C15H14Br2O. The van der Waals surface area contributed by atoms with Crippen LogP contribution in [0.4, 0.5) is 0 Å². The van der Waals surface area contributed by atoms with Gasteiger partial charge in [0.25, 0.3) is 0 Å². The van der Waals surface area contributed by atoms with Crippen molar-refractivity contribution >= 4 is 31.9 Å². The molecule has 1 unspecified atom stereocenters. The number of ether oxygens (including phenoxy) is 1. The summed E-state index contributed by atoms with van der Waals surface area (Å²) in [5, 5.41) is 0. The number of alkyl halides is 1. The van der Waals surface area contributed by atoms with Crippen LogP contribution in [-0.4, -0.2) is 6.61 Å². The molecule has 0 heterocycles. The minimum atomic E-state index is 0.137. The minimum absolute atomic E-state index is 0.137. The van der Waals surface area contributed by atoms with Crippen LogP contribution < -0.4 is 4.74 Å². The minimum Gasteiger partial charge on any atom is -0.494 e. The van der Waals surface area contributed by atoms with Gasteiger partial charge in [-0.05, 0) is 30.7 Å². The van der Waals surface area contributed by atoms with Crippen molar-refractivity contribution in [2.75, 3.05) is 6.61 Å². The SMILES string of the molecule is CCOc1ccc(Br)cc1C(Br)c1ccccc1. The van der Waals surface area contributed by atoms with Crippen LogP contribution in [0.25, 0.3) is 0 Å². The lowest BCUT2D eigenvalue weighted by Gasteiger charge is -2.16. The maximum absolute atomic E-state index is 5.68. The molecule has 0 spiro atoms. The molecule has 2 aromatic carbocycles. The second-order valence-corrected chi connectivity index (χ2v) is 5.72. The van der Waals surface area contributed by atoms with Gasteiger partial charge in [0.1, 0.15) is 5.75 Å². The molecule has 0 radical (unpaired) electrons. The number of rotatable bonds is 4. The van der Waals surface area contributed by atoms with Gasteiger partial charge in [0.2, 0.25) is 0 Å². The van der Waals surface area contributed by atoms with Crippen LogP contribution in [0.15, 0.2) is 53.0 Å². The van der Waals surface area contributed by atoms with Crippen LogP contribution in [0.2, 0.25) is 0 Å². The molecule has 0 saturated carbocycles. The zero-order valence-corrected chi connectivity index (χ0v) is 13.2. The molecule has 18 heavy (non-hydrogen) atoms. The number of hydrogen-bond acceptors (Lipinski definition) is 1. The molecule has 94 valence electrons. The van der Waals surface area contributed by atoms with E-state index >= 15 is 0 Å². The van der Waals surface area contributed by atoms with Gasteiger partial charge in [0, 0.05) is 10.0 Å². The normalized spacial score (nSPS) is 12.2. The summed E-state index contributed by atoms with van der Waals surface area (Å²) < 4.78 is 6.74. The van der Waals surface area contributed by atoms with E-state index in [1.54, 1.807) is 0 Å². The fraction of sp³-hybridized carbons (Fsp3) is 0.200. The summed E-state index contributed by atoms with van der Waals surface area (Å²) in [4.78, 5) is 0.137. The van der Waals surface area contributed by atoms with Gasteiger partial charge in [-0.1, -0.05) is 62.2 Å². The standard InChI is InChI=1S/C15H14Br2O/c1-2-18-14-9-8-12(16)10-13(14)15(17)11-6-4-3-5-7-11/h3-10,15H,2H2,1H3. The molecular weight excluding hydrogens is 356 g/mol. The molecule has 0 aliphatic carbocycles. The van der Waals surface area contributed by atoms with Gasteiger partial charge in [-0.15, -0.1) is 0 Å². The summed E-state index contributed by atoms with van der Waals surface area (Å²) in [5.74, 6) is 0.923. The third-order valence-corrected chi connectivity index (χ3v) is 4.15. The molecule has 0 amide bonds. The predicted octanol–water partition coefficient (Wildman–Crippen LogP) is 5.33. The van der Waals surface area contributed by atoms with Crippen molar-refractivity contribution in [2.45, 2.75) is 11.8 Å². The highest BCUT2D eigenvalue weighted by atomic mass is 79.9. The average molecular weight is 370 g/mol. The van der Waals surface area contributed by atoms with E-state index in [9.17, 15) is 0 Å². The smallest absolute Gasteiger partial charge is 0.124 e. The molecule has 1 nitrogen and oxygen atoms in total. The van der Waals surface area contributed by atoms with Crippen molar-refractivity contribution in [1.29, 1.82) is 0 Å². The highest BCUT2D eigenvalue weighted by Crippen LogP contribution is 2.38. The Kier molecular flexibility index (Phi) is 4.84. The van der Waals surface area contributed by atoms with Crippen molar-refractivity contribution in [3.63, 3.8) is 0 Å². The zero-order valence-electron chi connectivity index (χ0n) is 10.1. The van der Waals surface area contributed by atoms with Gasteiger partial charge in [0.05, 0.1) is 11.4 Å². The Morgan fingerprint density at radius 3 is 2.50 bits per heavy atom. The van der Waals surface area contributed by atoms with Crippen molar-refractivity contribution in [1.82, 2.24) is 0 Å². The van der Waals surface area contributed by atoms with Crippen molar-refractivity contribution < 1.29 is 4.74 Å². The fourth-order valence-electron chi connectivity index (χ4n) is 1.81. The lowest BCUT2D eigenvalue weighted by Crippen LogP contribution is -2.00. The quantitative estimate of drug-likeness (QED) is 0.661. The van der Waals surface area contributed by atoms with Crippen LogP contribution in [0.5, 0.6) is 5.75 Å². The van der Waals surface area contributed by atoms with Crippen LogP contribution in [-0.2, 0) is 0 Å². The molecule has 0 aliphatic heterocycles. The van der Waals surface area contributed by atoms with Gasteiger partial charge in [-0.25, -0.2) is 0 Å². The zero-order chi connectivity index (χ0) is 13.0. The van der Waals surface area contributed by atoms with Crippen molar-refractivity contribution in [3.8, 4) is 5.75 Å². The second kappa shape index (κ2) is 6.39. The Balaban J connectivity index is 2.40. The average Bonchev–Trinajstić information content (AvgIpc) is 2.41. The molecule has 3 heteroatoms. The number of halogens is 2. The monoisotopic (exact) mass is 368 g/mol. The lowest BCUT2D eigenvalue weighted by molar-refractivity contribution is 0.337. The Labute approximate surface area is 124 Å². The first-order valence-electron chi connectivity index (χ1n) is 5.83. The van der Waals surface area contributed by atoms with E-state index in [1.165, 1.54) is 5.56 Å². The summed E-state index contributed by atoms with van der Waals surface area (Å²) >= 11 is 7.26. The highest BCUT2D eigenvalue weighted by Gasteiger charge is 2.15. The molecule has 0 saturated heterocycles. The van der Waals surface area contributed by atoms with Gasteiger partial charge in [0.15, 0.2) is 0 Å². The summed E-state index contributed by atoms with van der Waals surface area (Å²) in [6.07, 6.45) is 0. The van der Waals surface area contributed by atoms with Crippen LogP contribution in [0.1, 0.15) is 22.9 Å². The van der Waals surface area contributed by atoms with Gasteiger partial charge in [-0.2, -0.15) is 0 Å². The number of benzene rings is 2. The molecule has 0 bridgehead atoms. The first-order chi connectivity index (χ1) is 8.72. The Morgan fingerprint density at radius 1 is 1.11 bits per heavy atom. The molecule has 2 rings (SSSR count). The molecule has 0 aliphatic rings. The highest BCUT2D eigenvalue weighted by molar-refractivity contribution is 9.10. The largest absolute Gasteiger partial charge is 0.494 e. The van der Waals surface area contributed by atoms with Gasteiger partial charge >= 0.3 is 0 Å². The summed E-state index contributed by atoms with van der Waals surface area (Å²) in [7, 11) is 0. The Hall–Kier alpha value is -0.800. The van der Waals surface area contributed by atoms with Crippen LogP contribution >= 0.6 is 31.9 Å². The molecule has 2 aromatic rings. The summed E-state index contributed by atoms with van der Waals surface area (Å²) in [5.41, 5.74) is 2.36. The van der Waals surface area contributed by atoms with E-state index in [2.05, 4.69) is 50.1 Å². The predicted molar refractivity (Wildman–Crippen MR) is 82.5 cm³/mol. The maximum atomic E-state index is 5.68. The van der Waals surface area contributed by atoms with E-state index < -0.39 is 0 Å². The Bertz CT molecular complexity index is 511. The Morgan fingerprint density at radius 2 is 1.83 bits per heavy atom. The van der Waals surface area contributed by atoms with Crippen molar-refractivity contribution in [2.24, 2.45) is 0 Å². The summed E-state index contributed by atoms with van der Waals surface area (Å²) in [6.45, 7) is 2.67. The van der Waals surface area contributed by atoms with Gasteiger partial charge in [-0.3, -0.25) is 0 Å². The molecule has 0 aromatic heterocycles. The van der Waals surface area contributed by atoms with E-state index in [1.807, 2.05) is 37.3 Å². The maximum Gasteiger partial charge on any atom is 0.124 e. The van der Waals surface area contributed by atoms with E-state index in [4.69, 9.17) is 4.74 Å². The topological polar surface area (TPSA) is 9.23 Å². The van der Waals surface area contributed by atoms with E-state index in [-0.39, 0.29) is 4.83 Å². The van der Waals surface area contributed by atoms with E-state index in [0.29, 0.717) is 6.61 Å². The second-order valence-electron chi connectivity index (χ2n) is 3.89. The lowest BCUT2D eigenvalue weighted by atomic mass is 10.0. The third kappa shape index (κ3) is 3.15. The molecule has 0 fully saturated rings. The first kappa shape index (κ1) is 13.6.